The first kappa shape index (κ1) is 26.9. The number of imidazole rings is 1. The first-order valence-electron chi connectivity index (χ1n) is 11.4. The molecule has 0 saturated heterocycles. The molecule has 190 valence electrons. The summed E-state index contributed by atoms with van der Waals surface area (Å²) in [4.78, 5) is 23.6. The smallest absolute Gasteiger partial charge is 0.253 e. The number of likely N-dealkylation sites (N-methyl/N-ethyl adjacent to an activating group) is 1. The van der Waals surface area contributed by atoms with E-state index in [2.05, 4.69) is 15.3 Å². The summed E-state index contributed by atoms with van der Waals surface area (Å²) in [5.41, 5.74) is 10.4. The van der Waals surface area contributed by atoms with Crippen molar-refractivity contribution in [2.75, 3.05) is 45.8 Å². The Kier molecular flexibility index (Phi) is 9.24. The van der Waals surface area contributed by atoms with Crippen LogP contribution in [0.5, 0.6) is 5.75 Å². The predicted molar refractivity (Wildman–Crippen MR) is 144 cm³/mol. The highest BCUT2D eigenvalue weighted by Gasteiger charge is 2.15. The van der Waals surface area contributed by atoms with Crippen molar-refractivity contribution < 1.29 is 14.3 Å². The zero-order valence-electron chi connectivity index (χ0n) is 20.6. The Morgan fingerprint density at radius 2 is 1.92 bits per heavy atom. The number of benzene rings is 2. The van der Waals surface area contributed by atoms with Crippen molar-refractivity contribution in [2.24, 2.45) is 5.73 Å². The second-order valence-corrected chi connectivity index (χ2v) is 8.12. The van der Waals surface area contributed by atoms with Crippen LogP contribution in [0.25, 0.3) is 16.9 Å². The Morgan fingerprint density at radius 3 is 2.61 bits per heavy atom. The summed E-state index contributed by atoms with van der Waals surface area (Å²) in [6.45, 7) is 3.83. The highest BCUT2D eigenvalue weighted by atomic mass is 35.5. The highest BCUT2D eigenvalue weighted by molar-refractivity contribution is 5.96. The molecule has 4 rings (SSSR count). The van der Waals surface area contributed by atoms with Crippen molar-refractivity contribution in [3.63, 3.8) is 0 Å². The molecule has 0 bridgehead atoms. The van der Waals surface area contributed by atoms with E-state index in [4.69, 9.17) is 15.2 Å². The van der Waals surface area contributed by atoms with E-state index < -0.39 is 0 Å². The number of rotatable bonds is 10. The summed E-state index contributed by atoms with van der Waals surface area (Å²) >= 11 is 0. The van der Waals surface area contributed by atoms with E-state index >= 15 is 0 Å². The molecule has 2 heterocycles. The van der Waals surface area contributed by atoms with Crippen LogP contribution in [0.15, 0.2) is 61.1 Å². The van der Waals surface area contributed by atoms with Crippen molar-refractivity contribution in [1.29, 1.82) is 0 Å². The molecule has 0 saturated carbocycles. The van der Waals surface area contributed by atoms with Gasteiger partial charge in [0.1, 0.15) is 5.75 Å². The van der Waals surface area contributed by atoms with Crippen molar-refractivity contribution >= 4 is 35.5 Å². The van der Waals surface area contributed by atoms with E-state index in [0.29, 0.717) is 43.3 Å². The van der Waals surface area contributed by atoms with Gasteiger partial charge in [0.15, 0.2) is 11.5 Å². The Hall–Kier alpha value is -3.66. The van der Waals surface area contributed by atoms with Gasteiger partial charge in [-0.05, 0) is 55.0 Å². The molecule has 0 aliphatic carbocycles. The molecule has 2 aromatic carbocycles. The van der Waals surface area contributed by atoms with Crippen LogP contribution in [0, 0.1) is 6.92 Å². The first-order chi connectivity index (χ1) is 17.0. The maximum Gasteiger partial charge on any atom is 0.253 e. The maximum absolute atomic E-state index is 12.8. The molecular weight excluding hydrogens is 480 g/mol. The standard InChI is InChI=1S/C26H30N6O3.ClH/c1-18-16-20(6-9-22(18)26(33)31(2)13-15-35-14-10-27)30-24-25-29-17-23(32(25)12-11-28-24)19-4-7-21(34-3)8-5-19;/h4-9,11-12,16-17H,10,13-15,27H2,1-3H3,(H,28,30);1H. The summed E-state index contributed by atoms with van der Waals surface area (Å²) in [7, 11) is 3.41. The third-order valence-corrected chi connectivity index (χ3v) is 5.71. The molecule has 0 spiro atoms. The SMILES string of the molecule is COc1ccc(-c2cnc3c(Nc4ccc(C(=O)N(C)CCOCCN)c(C)c4)nccn23)cc1.Cl. The van der Waals surface area contributed by atoms with Gasteiger partial charge < -0.3 is 25.4 Å². The van der Waals surface area contributed by atoms with E-state index in [9.17, 15) is 4.79 Å². The number of nitrogens with one attached hydrogen (secondary N) is 1. The topological polar surface area (TPSA) is 107 Å². The molecule has 10 heteroatoms. The van der Waals surface area contributed by atoms with Gasteiger partial charge in [-0.25, -0.2) is 9.97 Å². The van der Waals surface area contributed by atoms with E-state index in [1.165, 1.54) is 0 Å². The maximum atomic E-state index is 12.8. The van der Waals surface area contributed by atoms with Crippen LogP contribution < -0.4 is 15.8 Å². The summed E-state index contributed by atoms with van der Waals surface area (Å²) in [5, 5.41) is 3.34. The van der Waals surface area contributed by atoms with Gasteiger partial charge in [0.2, 0.25) is 0 Å². The van der Waals surface area contributed by atoms with E-state index in [1.54, 1.807) is 25.3 Å². The lowest BCUT2D eigenvalue weighted by molar-refractivity contribution is 0.0703. The summed E-state index contributed by atoms with van der Waals surface area (Å²) in [6, 6.07) is 13.5. The van der Waals surface area contributed by atoms with Gasteiger partial charge in [-0.1, -0.05) is 0 Å². The number of carbonyl (C=O) groups is 1. The van der Waals surface area contributed by atoms with Gasteiger partial charge >= 0.3 is 0 Å². The lowest BCUT2D eigenvalue weighted by atomic mass is 10.1. The van der Waals surface area contributed by atoms with E-state index in [1.807, 2.05) is 66.2 Å². The predicted octanol–water partition coefficient (Wildman–Crippen LogP) is 3.93. The second kappa shape index (κ2) is 12.3. The quantitative estimate of drug-likeness (QED) is 0.311. The van der Waals surface area contributed by atoms with Crippen molar-refractivity contribution in [3.05, 3.63) is 72.2 Å². The van der Waals surface area contributed by atoms with Crippen LogP contribution in [0.3, 0.4) is 0 Å². The zero-order valence-corrected chi connectivity index (χ0v) is 21.4. The number of nitrogens with zero attached hydrogens (tertiary/aromatic N) is 4. The minimum Gasteiger partial charge on any atom is -0.497 e. The van der Waals surface area contributed by atoms with Crippen molar-refractivity contribution in [1.82, 2.24) is 19.3 Å². The zero-order chi connectivity index (χ0) is 24.8. The number of carbonyl (C=O) groups excluding carboxylic acids is 1. The van der Waals surface area contributed by atoms with Crippen LogP contribution in [-0.2, 0) is 4.74 Å². The second-order valence-electron chi connectivity index (χ2n) is 8.12. The number of nitrogens with two attached hydrogens (primary N) is 1. The third kappa shape index (κ3) is 5.93. The number of ether oxygens (including phenoxy) is 2. The van der Waals surface area contributed by atoms with Gasteiger partial charge in [0.05, 0.1) is 32.2 Å². The number of fused-ring (bicyclic) bond motifs is 1. The summed E-state index contributed by atoms with van der Waals surface area (Å²) in [6.07, 6.45) is 5.44. The molecule has 1 amide bonds. The summed E-state index contributed by atoms with van der Waals surface area (Å²) < 4.78 is 12.6. The van der Waals surface area contributed by atoms with Gasteiger partial charge in [-0.2, -0.15) is 0 Å². The molecule has 4 aromatic rings. The van der Waals surface area contributed by atoms with Crippen LogP contribution in [0.2, 0.25) is 0 Å². The largest absolute Gasteiger partial charge is 0.497 e. The molecule has 3 N–H and O–H groups in total. The van der Waals surface area contributed by atoms with Gasteiger partial charge in [-0.15, -0.1) is 12.4 Å². The van der Waals surface area contributed by atoms with Crippen LogP contribution in [0.4, 0.5) is 11.5 Å². The minimum atomic E-state index is -0.0528. The lowest BCUT2D eigenvalue weighted by Gasteiger charge is -2.19. The fourth-order valence-corrected chi connectivity index (χ4v) is 3.79. The molecule has 9 nitrogen and oxygen atoms in total. The monoisotopic (exact) mass is 510 g/mol. The summed E-state index contributed by atoms with van der Waals surface area (Å²) in [5.74, 6) is 1.37. The fourth-order valence-electron chi connectivity index (χ4n) is 3.79. The molecule has 0 aliphatic rings. The van der Waals surface area contributed by atoms with Gasteiger partial charge in [0.25, 0.3) is 5.91 Å². The molecule has 0 radical (unpaired) electrons. The van der Waals surface area contributed by atoms with Crippen LogP contribution in [-0.4, -0.2) is 65.6 Å². The average molecular weight is 511 g/mol. The Labute approximate surface area is 216 Å². The normalized spacial score (nSPS) is 10.7. The molecule has 2 aromatic heterocycles. The number of anilines is 2. The number of hydrogen-bond acceptors (Lipinski definition) is 7. The van der Waals surface area contributed by atoms with Crippen LogP contribution >= 0.6 is 12.4 Å². The molecule has 0 fully saturated rings. The first-order valence-corrected chi connectivity index (χ1v) is 11.4. The van der Waals surface area contributed by atoms with Gasteiger partial charge in [-0.3, -0.25) is 9.20 Å². The average Bonchev–Trinajstić information content (AvgIpc) is 3.31. The molecule has 0 unspecified atom stereocenters. The van der Waals surface area contributed by atoms with Gasteiger partial charge in [0, 0.05) is 49.3 Å². The number of methoxy groups -OCH3 is 1. The number of hydrogen-bond donors (Lipinski definition) is 2. The Balaban J connectivity index is 0.00000361. The van der Waals surface area contributed by atoms with Crippen LogP contribution in [0.1, 0.15) is 15.9 Å². The van der Waals surface area contributed by atoms with Crippen molar-refractivity contribution in [3.8, 4) is 17.0 Å². The number of halogens is 1. The van der Waals surface area contributed by atoms with E-state index in [-0.39, 0.29) is 18.3 Å². The molecule has 0 atom stereocenters. The number of amides is 1. The minimum absolute atomic E-state index is 0. The Morgan fingerprint density at radius 1 is 1.14 bits per heavy atom. The lowest BCUT2D eigenvalue weighted by Crippen LogP contribution is -2.31. The highest BCUT2D eigenvalue weighted by Crippen LogP contribution is 2.27. The number of aryl methyl sites for hydroxylation is 1. The molecular formula is C26H31ClN6O3. The Bertz CT molecular complexity index is 1310. The molecule has 36 heavy (non-hydrogen) atoms. The number of aromatic nitrogens is 3. The third-order valence-electron chi connectivity index (χ3n) is 5.71. The van der Waals surface area contributed by atoms with E-state index in [0.717, 1.165) is 28.3 Å². The van der Waals surface area contributed by atoms with Crippen molar-refractivity contribution in [2.45, 2.75) is 6.92 Å². The fraction of sp³-hybridized carbons (Fsp3) is 0.269. The molecule has 0 aliphatic heterocycles.